The van der Waals surface area contributed by atoms with Crippen molar-refractivity contribution in [1.82, 2.24) is 10.2 Å². The molecule has 5 heteroatoms. The zero-order valence-corrected chi connectivity index (χ0v) is 14.4. The molecule has 132 valence electrons. The molecule has 0 spiro atoms. The first-order valence-electron chi connectivity index (χ1n) is 9.04. The Kier molecular flexibility index (Phi) is 5.74. The van der Waals surface area contributed by atoms with Gasteiger partial charge in [-0.15, -0.1) is 0 Å². The fourth-order valence-corrected chi connectivity index (χ4v) is 3.98. The molecule has 1 aliphatic heterocycles. The summed E-state index contributed by atoms with van der Waals surface area (Å²) < 4.78 is 5.41. The number of fused-ring (bicyclic) bond motifs is 1. The lowest BCUT2D eigenvalue weighted by atomic mass is 9.93. The second-order valence-electron chi connectivity index (χ2n) is 6.86. The second kappa shape index (κ2) is 7.99. The van der Waals surface area contributed by atoms with Crippen LogP contribution in [0.25, 0.3) is 0 Å². The fraction of sp³-hybridized carbons (Fsp3) is 0.632. The Hall–Kier alpha value is -1.59. The van der Waals surface area contributed by atoms with Crippen LogP contribution in [0.5, 0.6) is 0 Å². The molecule has 3 rings (SSSR count). The number of rotatable bonds is 5. The molecule has 0 saturated carbocycles. The number of benzene rings is 1. The third-order valence-electron chi connectivity index (χ3n) is 5.40. The highest BCUT2D eigenvalue weighted by atomic mass is 16.5. The van der Waals surface area contributed by atoms with Crippen LogP contribution in [0.4, 0.5) is 4.79 Å². The standard InChI is InChI=1S/C19H28N2O3/c1-14(15-8-12-24-13-9-15)20-19(23)21(10-11-22)18-7-6-16-4-2-3-5-17(16)18/h2-5,14-15,18,22H,6-13H2,1H3,(H,20,23). The Balaban J connectivity index is 1.68. The van der Waals surface area contributed by atoms with Gasteiger partial charge in [-0.2, -0.15) is 0 Å². The predicted octanol–water partition coefficient (Wildman–Crippen LogP) is 2.49. The number of ether oxygens (including phenoxy) is 1. The van der Waals surface area contributed by atoms with Crippen LogP contribution >= 0.6 is 0 Å². The molecule has 1 aromatic rings. The van der Waals surface area contributed by atoms with Crippen LogP contribution in [0.2, 0.25) is 0 Å². The van der Waals surface area contributed by atoms with Gasteiger partial charge in [0, 0.05) is 25.8 Å². The lowest BCUT2D eigenvalue weighted by molar-refractivity contribution is 0.0555. The smallest absolute Gasteiger partial charge is 0.318 e. The van der Waals surface area contributed by atoms with E-state index in [1.807, 2.05) is 17.0 Å². The molecular formula is C19H28N2O3. The van der Waals surface area contributed by atoms with Crippen molar-refractivity contribution in [2.45, 2.75) is 44.7 Å². The molecule has 1 fully saturated rings. The number of hydrogen-bond acceptors (Lipinski definition) is 3. The average Bonchev–Trinajstić information content (AvgIpc) is 3.04. The third kappa shape index (κ3) is 3.73. The molecule has 1 heterocycles. The lowest BCUT2D eigenvalue weighted by Crippen LogP contribution is -2.49. The minimum atomic E-state index is -0.0651. The zero-order valence-electron chi connectivity index (χ0n) is 14.4. The summed E-state index contributed by atoms with van der Waals surface area (Å²) in [6.45, 7) is 3.99. The number of carbonyl (C=O) groups is 1. The summed E-state index contributed by atoms with van der Waals surface area (Å²) in [5.41, 5.74) is 2.54. The van der Waals surface area contributed by atoms with E-state index in [0.717, 1.165) is 38.9 Å². The van der Waals surface area contributed by atoms with Gasteiger partial charge in [-0.05, 0) is 49.7 Å². The van der Waals surface area contributed by atoms with Gasteiger partial charge in [-0.3, -0.25) is 0 Å². The van der Waals surface area contributed by atoms with Crippen molar-refractivity contribution in [3.05, 3.63) is 35.4 Å². The summed E-state index contributed by atoms with van der Waals surface area (Å²) in [5, 5.41) is 12.6. The highest BCUT2D eigenvalue weighted by Gasteiger charge is 2.32. The number of nitrogens with zero attached hydrogens (tertiary/aromatic N) is 1. The predicted molar refractivity (Wildman–Crippen MR) is 92.8 cm³/mol. The van der Waals surface area contributed by atoms with Crippen molar-refractivity contribution >= 4 is 6.03 Å². The van der Waals surface area contributed by atoms with Crippen LogP contribution < -0.4 is 5.32 Å². The van der Waals surface area contributed by atoms with Crippen molar-refractivity contribution in [2.75, 3.05) is 26.4 Å². The average molecular weight is 332 g/mol. The third-order valence-corrected chi connectivity index (χ3v) is 5.40. The van der Waals surface area contributed by atoms with E-state index in [9.17, 15) is 9.90 Å². The minimum absolute atomic E-state index is 0.0161. The normalized spacial score (nSPS) is 22.0. The van der Waals surface area contributed by atoms with Gasteiger partial charge >= 0.3 is 6.03 Å². The molecule has 1 aromatic carbocycles. The van der Waals surface area contributed by atoms with Gasteiger partial charge in [-0.1, -0.05) is 24.3 Å². The van der Waals surface area contributed by atoms with Crippen molar-refractivity contribution in [2.24, 2.45) is 5.92 Å². The molecule has 2 unspecified atom stereocenters. The molecule has 24 heavy (non-hydrogen) atoms. The summed E-state index contributed by atoms with van der Waals surface area (Å²) in [6, 6.07) is 8.43. The Morgan fingerprint density at radius 3 is 2.83 bits per heavy atom. The molecule has 2 aliphatic rings. The molecule has 2 N–H and O–H groups in total. The van der Waals surface area contributed by atoms with Gasteiger partial charge in [0.25, 0.3) is 0 Å². The quantitative estimate of drug-likeness (QED) is 0.871. The Bertz CT molecular complexity index is 557. The van der Waals surface area contributed by atoms with Gasteiger partial charge in [0.1, 0.15) is 0 Å². The molecule has 0 bridgehead atoms. The summed E-state index contributed by atoms with van der Waals surface area (Å²) >= 11 is 0. The number of aryl methyl sites for hydroxylation is 1. The number of amides is 2. The van der Waals surface area contributed by atoms with Crippen LogP contribution in [0, 0.1) is 5.92 Å². The minimum Gasteiger partial charge on any atom is -0.395 e. The van der Waals surface area contributed by atoms with Crippen LogP contribution in [0.3, 0.4) is 0 Å². The molecule has 2 amide bonds. The maximum Gasteiger partial charge on any atom is 0.318 e. The number of carbonyl (C=O) groups excluding carboxylic acids is 1. The number of nitrogens with one attached hydrogen (secondary N) is 1. The summed E-state index contributed by atoms with van der Waals surface area (Å²) in [6.07, 6.45) is 3.91. The molecule has 2 atom stereocenters. The highest BCUT2D eigenvalue weighted by molar-refractivity contribution is 5.75. The van der Waals surface area contributed by atoms with Gasteiger partial charge < -0.3 is 20.1 Å². The van der Waals surface area contributed by atoms with Gasteiger partial charge in [-0.25, -0.2) is 4.79 Å². The maximum atomic E-state index is 12.9. The Morgan fingerprint density at radius 2 is 2.08 bits per heavy atom. The van der Waals surface area contributed by atoms with Crippen molar-refractivity contribution in [3.63, 3.8) is 0 Å². The summed E-state index contributed by atoms with van der Waals surface area (Å²) in [4.78, 5) is 14.7. The van der Waals surface area contributed by atoms with Crippen molar-refractivity contribution in [3.8, 4) is 0 Å². The van der Waals surface area contributed by atoms with E-state index < -0.39 is 0 Å². The van der Waals surface area contributed by atoms with E-state index in [1.54, 1.807) is 0 Å². The van der Waals surface area contributed by atoms with Crippen molar-refractivity contribution < 1.29 is 14.6 Å². The number of urea groups is 1. The molecule has 0 aromatic heterocycles. The Labute approximate surface area is 144 Å². The van der Waals surface area contributed by atoms with Crippen LogP contribution in [-0.2, 0) is 11.2 Å². The number of aliphatic hydroxyl groups is 1. The molecule has 0 radical (unpaired) electrons. The summed E-state index contributed by atoms with van der Waals surface area (Å²) in [7, 11) is 0. The Morgan fingerprint density at radius 1 is 1.33 bits per heavy atom. The first-order chi connectivity index (χ1) is 11.7. The van der Waals surface area contributed by atoms with Crippen molar-refractivity contribution in [1.29, 1.82) is 0 Å². The summed E-state index contributed by atoms with van der Waals surface area (Å²) in [5.74, 6) is 0.467. The van der Waals surface area contributed by atoms with E-state index >= 15 is 0 Å². The van der Waals surface area contributed by atoms with Gasteiger partial charge in [0.2, 0.25) is 0 Å². The van der Waals surface area contributed by atoms with Gasteiger partial charge in [0.05, 0.1) is 12.6 Å². The number of hydrogen-bond donors (Lipinski definition) is 2. The fourth-order valence-electron chi connectivity index (χ4n) is 3.98. The maximum absolute atomic E-state index is 12.9. The number of aliphatic hydroxyl groups excluding tert-OH is 1. The van der Waals surface area contributed by atoms with E-state index in [2.05, 4.69) is 24.4 Å². The van der Waals surface area contributed by atoms with Crippen LogP contribution in [-0.4, -0.2) is 48.4 Å². The zero-order chi connectivity index (χ0) is 16.9. The van der Waals surface area contributed by atoms with E-state index in [4.69, 9.17) is 4.74 Å². The molecular weight excluding hydrogens is 304 g/mol. The molecule has 5 nitrogen and oxygen atoms in total. The topological polar surface area (TPSA) is 61.8 Å². The first kappa shape index (κ1) is 17.2. The first-order valence-corrected chi connectivity index (χ1v) is 9.04. The van der Waals surface area contributed by atoms with Crippen LogP contribution in [0.1, 0.15) is 43.4 Å². The highest BCUT2D eigenvalue weighted by Crippen LogP contribution is 2.35. The van der Waals surface area contributed by atoms with E-state index in [1.165, 1.54) is 11.1 Å². The largest absolute Gasteiger partial charge is 0.395 e. The van der Waals surface area contributed by atoms with Gasteiger partial charge in [0.15, 0.2) is 0 Å². The second-order valence-corrected chi connectivity index (χ2v) is 6.86. The molecule has 1 aliphatic carbocycles. The monoisotopic (exact) mass is 332 g/mol. The van der Waals surface area contributed by atoms with E-state index in [-0.39, 0.29) is 24.7 Å². The molecule has 1 saturated heterocycles. The van der Waals surface area contributed by atoms with E-state index in [0.29, 0.717) is 12.5 Å². The van der Waals surface area contributed by atoms with Crippen LogP contribution in [0.15, 0.2) is 24.3 Å². The lowest BCUT2D eigenvalue weighted by Gasteiger charge is -2.33. The SMILES string of the molecule is CC(NC(=O)N(CCO)C1CCc2ccccc21)C1CCOCC1.